The van der Waals surface area contributed by atoms with Crippen molar-refractivity contribution in [2.45, 2.75) is 38.5 Å². The molecule has 2 saturated heterocycles. The van der Waals surface area contributed by atoms with E-state index in [4.69, 9.17) is 4.74 Å². The number of ether oxygens (including phenoxy) is 1. The van der Waals surface area contributed by atoms with Crippen LogP contribution in [0.3, 0.4) is 0 Å². The Hall–Kier alpha value is -2.42. The van der Waals surface area contributed by atoms with E-state index in [0.717, 1.165) is 43.2 Å². The molecule has 0 amide bonds. The molecule has 4 rings (SSSR count). The molecule has 0 spiro atoms. The van der Waals surface area contributed by atoms with Crippen LogP contribution in [0.5, 0.6) is 0 Å². The number of nitrogens with one attached hydrogen (secondary N) is 1. The second-order valence-corrected chi connectivity index (χ2v) is 7.33. The first kappa shape index (κ1) is 17.0. The molecule has 0 radical (unpaired) electrons. The van der Waals surface area contributed by atoms with Crippen molar-refractivity contribution in [3.8, 4) is 6.07 Å². The average molecular weight is 348 g/mol. The lowest BCUT2D eigenvalue weighted by Crippen LogP contribution is -2.42. The summed E-state index contributed by atoms with van der Waals surface area (Å²) in [6.07, 6.45) is 1.15. The maximum absolute atomic E-state index is 9.47. The van der Waals surface area contributed by atoms with Gasteiger partial charge in [0.05, 0.1) is 18.3 Å². The zero-order valence-electron chi connectivity index (χ0n) is 15.3. The van der Waals surface area contributed by atoms with Gasteiger partial charge in [-0.3, -0.25) is 4.90 Å². The van der Waals surface area contributed by atoms with E-state index in [9.17, 15) is 5.26 Å². The highest BCUT2D eigenvalue weighted by Gasteiger charge is 2.38. The molecule has 0 bridgehead atoms. The van der Waals surface area contributed by atoms with Crippen molar-refractivity contribution in [2.75, 3.05) is 25.0 Å². The van der Waals surface area contributed by atoms with Crippen LogP contribution in [0.25, 0.3) is 0 Å². The molecule has 2 aliphatic rings. The summed E-state index contributed by atoms with van der Waals surface area (Å²) in [6.45, 7) is 6.56. The van der Waals surface area contributed by atoms with E-state index in [1.54, 1.807) is 0 Å². The third kappa shape index (κ3) is 3.31. The monoisotopic (exact) mass is 348 g/mol. The van der Waals surface area contributed by atoms with Gasteiger partial charge in [0.15, 0.2) is 0 Å². The van der Waals surface area contributed by atoms with E-state index in [2.05, 4.69) is 45.5 Å². The summed E-state index contributed by atoms with van der Waals surface area (Å²) >= 11 is 0. The van der Waals surface area contributed by atoms with Crippen LogP contribution < -0.4 is 5.32 Å². The van der Waals surface area contributed by atoms with E-state index in [-0.39, 0.29) is 6.10 Å². The Bertz CT molecular complexity index is 830. The molecule has 0 aliphatic carbocycles. The normalized spacial score (nSPS) is 25.5. The largest absolute Gasteiger partial charge is 0.371 e. The second kappa shape index (κ2) is 7.06. The standard InChI is InChI=1S/C21H24N4O/c1-14-8-15(2)23-21(19(14)10-22)24-17-9-18-13-26-20(12-25(18)11-17)16-6-4-3-5-7-16/h3-8,17-18,20H,9,11-13H2,1-2H3,(H,23,24)/t17-,18-,20+/m0/s1. The SMILES string of the molecule is Cc1cc(C)c(C#N)c(N[C@H]2C[C@H]3CO[C@@H](c4ccccc4)CN3C2)n1. The van der Waals surface area contributed by atoms with Gasteiger partial charge < -0.3 is 10.1 Å². The van der Waals surface area contributed by atoms with Gasteiger partial charge in [0, 0.05) is 30.9 Å². The number of anilines is 1. The lowest BCUT2D eigenvalue weighted by molar-refractivity contribution is -0.0501. The molecule has 2 aliphatic heterocycles. The van der Waals surface area contributed by atoms with Crippen molar-refractivity contribution < 1.29 is 4.74 Å². The van der Waals surface area contributed by atoms with Crippen LogP contribution in [-0.2, 0) is 4.74 Å². The molecule has 3 atom stereocenters. The van der Waals surface area contributed by atoms with Gasteiger partial charge in [-0.1, -0.05) is 30.3 Å². The molecule has 5 heteroatoms. The lowest BCUT2D eigenvalue weighted by atomic mass is 10.1. The smallest absolute Gasteiger partial charge is 0.144 e. The predicted molar refractivity (Wildman–Crippen MR) is 101 cm³/mol. The minimum absolute atomic E-state index is 0.139. The average Bonchev–Trinajstić information content (AvgIpc) is 3.03. The molecule has 0 saturated carbocycles. The van der Waals surface area contributed by atoms with Crippen LogP contribution in [0, 0.1) is 25.2 Å². The third-order valence-corrected chi connectivity index (χ3v) is 5.39. The molecule has 2 fully saturated rings. The maximum atomic E-state index is 9.47. The minimum atomic E-state index is 0.139. The molecule has 0 unspecified atom stereocenters. The molecule has 134 valence electrons. The van der Waals surface area contributed by atoms with Crippen molar-refractivity contribution in [1.82, 2.24) is 9.88 Å². The van der Waals surface area contributed by atoms with Crippen molar-refractivity contribution in [2.24, 2.45) is 0 Å². The highest BCUT2D eigenvalue weighted by Crippen LogP contribution is 2.31. The van der Waals surface area contributed by atoms with Gasteiger partial charge in [-0.25, -0.2) is 4.98 Å². The highest BCUT2D eigenvalue weighted by molar-refractivity contribution is 5.57. The first-order valence-corrected chi connectivity index (χ1v) is 9.19. The fourth-order valence-corrected chi connectivity index (χ4v) is 4.12. The summed E-state index contributed by atoms with van der Waals surface area (Å²) in [5, 5.41) is 13.0. The fourth-order valence-electron chi connectivity index (χ4n) is 4.12. The van der Waals surface area contributed by atoms with Crippen molar-refractivity contribution in [3.63, 3.8) is 0 Å². The quantitative estimate of drug-likeness (QED) is 0.923. The number of rotatable bonds is 3. The molecule has 1 N–H and O–H groups in total. The van der Waals surface area contributed by atoms with Gasteiger partial charge >= 0.3 is 0 Å². The van der Waals surface area contributed by atoms with Gasteiger partial charge in [0.1, 0.15) is 11.9 Å². The topological polar surface area (TPSA) is 61.2 Å². The first-order valence-electron chi connectivity index (χ1n) is 9.19. The first-order chi connectivity index (χ1) is 12.6. The van der Waals surface area contributed by atoms with Crippen molar-refractivity contribution >= 4 is 5.82 Å². The zero-order valence-corrected chi connectivity index (χ0v) is 15.3. The summed E-state index contributed by atoms with van der Waals surface area (Å²) < 4.78 is 6.12. The number of morpholine rings is 1. The number of nitrogens with zero attached hydrogens (tertiary/aromatic N) is 3. The molecule has 2 aromatic rings. The number of hydrogen-bond donors (Lipinski definition) is 1. The van der Waals surface area contributed by atoms with Gasteiger partial charge in [-0.15, -0.1) is 0 Å². The molecule has 3 heterocycles. The summed E-state index contributed by atoms with van der Waals surface area (Å²) in [5.74, 6) is 0.718. The number of aryl methyl sites for hydroxylation is 2. The van der Waals surface area contributed by atoms with E-state index in [1.807, 2.05) is 26.0 Å². The van der Waals surface area contributed by atoms with Crippen molar-refractivity contribution in [3.05, 3.63) is 58.8 Å². The van der Waals surface area contributed by atoms with Gasteiger partial charge in [-0.05, 0) is 37.5 Å². The minimum Gasteiger partial charge on any atom is -0.371 e. The Kier molecular flexibility index (Phi) is 4.62. The summed E-state index contributed by atoms with van der Waals surface area (Å²) in [5.41, 5.74) is 3.81. The second-order valence-electron chi connectivity index (χ2n) is 7.33. The number of benzene rings is 1. The summed E-state index contributed by atoms with van der Waals surface area (Å²) in [6, 6.07) is 15.4. The molecule has 1 aromatic carbocycles. The number of nitriles is 1. The lowest BCUT2D eigenvalue weighted by Gasteiger charge is -2.35. The number of pyridine rings is 1. The number of aromatic nitrogens is 1. The summed E-state index contributed by atoms with van der Waals surface area (Å²) in [7, 11) is 0. The fraction of sp³-hybridized carbons (Fsp3) is 0.429. The number of fused-ring (bicyclic) bond motifs is 1. The Balaban J connectivity index is 1.46. The molecule has 1 aromatic heterocycles. The van der Waals surface area contributed by atoms with Gasteiger partial charge in [0.25, 0.3) is 0 Å². The Morgan fingerprint density at radius 3 is 2.81 bits per heavy atom. The summed E-state index contributed by atoms with van der Waals surface area (Å²) in [4.78, 5) is 7.07. The van der Waals surface area contributed by atoms with Gasteiger partial charge in [-0.2, -0.15) is 5.26 Å². The van der Waals surface area contributed by atoms with E-state index in [1.165, 1.54) is 5.56 Å². The van der Waals surface area contributed by atoms with E-state index in [0.29, 0.717) is 17.6 Å². The van der Waals surface area contributed by atoms with E-state index < -0.39 is 0 Å². The Morgan fingerprint density at radius 2 is 2.04 bits per heavy atom. The van der Waals surface area contributed by atoms with Crippen LogP contribution in [-0.4, -0.2) is 41.7 Å². The zero-order chi connectivity index (χ0) is 18.1. The molecular weight excluding hydrogens is 324 g/mol. The molecular formula is C21H24N4O. The van der Waals surface area contributed by atoms with Crippen LogP contribution >= 0.6 is 0 Å². The van der Waals surface area contributed by atoms with Crippen LogP contribution in [0.4, 0.5) is 5.82 Å². The number of hydrogen-bond acceptors (Lipinski definition) is 5. The van der Waals surface area contributed by atoms with Crippen LogP contribution in [0.15, 0.2) is 36.4 Å². The van der Waals surface area contributed by atoms with Crippen molar-refractivity contribution in [1.29, 1.82) is 5.26 Å². The van der Waals surface area contributed by atoms with E-state index >= 15 is 0 Å². The highest BCUT2D eigenvalue weighted by atomic mass is 16.5. The van der Waals surface area contributed by atoms with Gasteiger partial charge in [0.2, 0.25) is 0 Å². The predicted octanol–water partition coefficient (Wildman–Crippen LogP) is 3.20. The maximum Gasteiger partial charge on any atom is 0.144 e. The Labute approximate surface area is 154 Å². The Morgan fingerprint density at radius 1 is 1.23 bits per heavy atom. The van der Waals surface area contributed by atoms with Crippen LogP contribution in [0.1, 0.15) is 34.9 Å². The molecule has 5 nitrogen and oxygen atoms in total. The molecule has 26 heavy (non-hydrogen) atoms. The third-order valence-electron chi connectivity index (χ3n) is 5.39. The van der Waals surface area contributed by atoms with Crippen LogP contribution in [0.2, 0.25) is 0 Å².